The summed E-state index contributed by atoms with van der Waals surface area (Å²) in [5.41, 5.74) is 0.238. The van der Waals surface area contributed by atoms with Gasteiger partial charge in [-0.2, -0.15) is 13.8 Å². The molecule has 3 N–H and O–H groups in total. The molecule has 17 heteroatoms. The molecule has 2 aromatic rings. The van der Waals surface area contributed by atoms with Crippen molar-refractivity contribution in [3.63, 3.8) is 0 Å². The number of methoxy groups -OCH3 is 1. The summed E-state index contributed by atoms with van der Waals surface area (Å²) in [6.07, 6.45) is -2.14. The molecule has 1 saturated heterocycles. The molecule has 1 aromatic heterocycles. The van der Waals surface area contributed by atoms with E-state index in [1.165, 1.54) is 6.07 Å². The fraction of sp³-hybridized carbons (Fsp3) is 0.629. The molecule has 0 saturated carbocycles. The number of halogens is 2. The molecule has 1 aliphatic rings. The van der Waals surface area contributed by atoms with Gasteiger partial charge in [0.25, 0.3) is 0 Å². The van der Waals surface area contributed by atoms with Crippen molar-refractivity contribution < 1.29 is 52.3 Å². The highest BCUT2D eigenvalue weighted by Gasteiger charge is 2.59. The minimum absolute atomic E-state index is 0.114. The first-order chi connectivity index (χ1) is 24.7. The summed E-state index contributed by atoms with van der Waals surface area (Å²) >= 11 is 0. The highest BCUT2D eigenvalue weighted by atomic mass is 33.1. The minimum atomic E-state index is -3.83. The largest absolute Gasteiger partial charge is 0.463 e. The summed E-state index contributed by atoms with van der Waals surface area (Å²) in [6.45, 7) is 5.89. The first-order valence-corrected chi connectivity index (χ1v) is 19.6. The molecule has 5 unspecified atom stereocenters. The SMILES string of the molecule is CCC(C)(CC(C)c1ccc(COC(=O)CCCSSCCCC(=O)Nc2ccn(C3OC(CO)C(O)C3(F)F)c(=O)n2)cc1)C(=O)OCCOC. The third-order valence-electron chi connectivity index (χ3n) is 8.73. The van der Waals surface area contributed by atoms with Crippen LogP contribution >= 0.6 is 21.6 Å². The van der Waals surface area contributed by atoms with Gasteiger partial charge in [0.15, 0.2) is 6.10 Å². The maximum absolute atomic E-state index is 14.3. The van der Waals surface area contributed by atoms with E-state index in [4.69, 9.17) is 24.1 Å². The number of nitrogens with one attached hydrogen (secondary N) is 1. The van der Waals surface area contributed by atoms with Gasteiger partial charge in [0.2, 0.25) is 12.1 Å². The summed E-state index contributed by atoms with van der Waals surface area (Å²) in [6, 6.07) is 9.01. The predicted octanol–water partition coefficient (Wildman–Crippen LogP) is 4.85. The fourth-order valence-electron chi connectivity index (χ4n) is 5.41. The van der Waals surface area contributed by atoms with Gasteiger partial charge >= 0.3 is 23.6 Å². The summed E-state index contributed by atoms with van der Waals surface area (Å²) in [4.78, 5) is 53.2. The average molecular weight is 774 g/mol. The molecule has 1 aliphatic heterocycles. The normalized spacial score (nSPS) is 19.8. The lowest BCUT2D eigenvalue weighted by molar-refractivity contribution is -0.157. The molecule has 0 radical (unpaired) electrons. The molecule has 0 spiro atoms. The molecule has 0 bridgehead atoms. The second kappa shape index (κ2) is 21.0. The van der Waals surface area contributed by atoms with Crippen LogP contribution in [0.4, 0.5) is 14.6 Å². The molecule has 290 valence electrons. The molecule has 13 nitrogen and oxygen atoms in total. The topological polar surface area (TPSA) is 176 Å². The van der Waals surface area contributed by atoms with Crippen molar-refractivity contribution in [1.29, 1.82) is 0 Å². The second-order valence-corrected chi connectivity index (χ2v) is 15.5. The second-order valence-electron chi connectivity index (χ2n) is 12.8. The number of hydrogen-bond acceptors (Lipinski definition) is 13. The Kier molecular flexibility index (Phi) is 17.5. The zero-order chi connectivity index (χ0) is 38.3. The number of aromatic nitrogens is 2. The van der Waals surface area contributed by atoms with Crippen LogP contribution in [0.2, 0.25) is 0 Å². The summed E-state index contributed by atoms with van der Waals surface area (Å²) < 4.78 is 49.9. The van der Waals surface area contributed by atoms with E-state index in [1.807, 2.05) is 38.1 Å². The van der Waals surface area contributed by atoms with Gasteiger partial charge in [0.1, 0.15) is 25.1 Å². The smallest absolute Gasteiger partial charge is 0.351 e. The number of amides is 1. The van der Waals surface area contributed by atoms with Crippen molar-refractivity contribution >= 4 is 45.3 Å². The van der Waals surface area contributed by atoms with Gasteiger partial charge in [-0.3, -0.25) is 19.0 Å². The van der Waals surface area contributed by atoms with Crippen molar-refractivity contribution in [2.24, 2.45) is 5.41 Å². The Hall–Kier alpha value is -3.09. The summed E-state index contributed by atoms with van der Waals surface area (Å²) in [7, 11) is 4.70. The fourth-order valence-corrected chi connectivity index (χ4v) is 7.58. The van der Waals surface area contributed by atoms with Gasteiger partial charge in [-0.1, -0.05) is 59.7 Å². The Bertz CT molecular complexity index is 1520. The van der Waals surface area contributed by atoms with E-state index in [0.29, 0.717) is 42.6 Å². The first-order valence-electron chi connectivity index (χ1n) is 17.1. The lowest BCUT2D eigenvalue weighted by atomic mass is 9.77. The van der Waals surface area contributed by atoms with Crippen LogP contribution in [0.5, 0.6) is 0 Å². The van der Waals surface area contributed by atoms with Crippen LogP contribution in [0.1, 0.15) is 82.6 Å². The van der Waals surface area contributed by atoms with E-state index in [-0.39, 0.29) is 49.7 Å². The van der Waals surface area contributed by atoms with E-state index in [1.54, 1.807) is 28.7 Å². The highest BCUT2D eigenvalue weighted by Crippen LogP contribution is 2.42. The maximum atomic E-state index is 14.3. The van der Waals surface area contributed by atoms with E-state index in [2.05, 4.69) is 17.2 Å². The Morgan fingerprint density at radius 3 is 2.37 bits per heavy atom. The number of benzene rings is 1. The number of carbonyl (C=O) groups excluding carboxylic acids is 3. The molecular weight excluding hydrogens is 725 g/mol. The number of aliphatic hydroxyl groups is 2. The van der Waals surface area contributed by atoms with Gasteiger partial charge in [-0.25, -0.2) is 4.79 Å². The number of anilines is 1. The first kappa shape index (κ1) is 43.3. The Balaban J connectivity index is 1.27. The number of aliphatic hydroxyl groups excluding tert-OH is 2. The monoisotopic (exact) mass is 773 g/mol. The minimum Gasteiger partial charge on any atom is -0.463 e. The Morgan fingerprint density at radius 1 is 1.10 bits per heavy atom. The van der Waals surface area contributed by atoms with Crippen molar-refractivity contribution in [1.82, 2.24) is 9.55 Å². The Labute approximate surface area is 309 Å². The van der Waals surface area contributed by atoms with Crippen molar-refractivity contribution in [2.75, 3.05) is 43.8 Å². The molecule has 2 heterocycles. The summed E-state index contributed by atoms with van der Waals surface area (Å²) in [5.74, 6) is -3.37. The average Bonchev–Trinajstić information content (AvgIpc) is 3.35. The van der Waals surface area contributed by atoms with Gasteiger partial charge in [-0.05, 0) is 55.7 Å². The van der Waals surface area contributed by atoms with Crippen molar-refractivity contribution in [2.45, 2.75) is 96.2 Å². The standard InChI is InChI=1S/C35H49F2N3O10S2/c1-5-34(3,32(45)48-17-16-47-4)20-23(2)25-12-10-24(11-13-25)22-49-29(43)9-7-19-52-51-18-6-8-28(42)38-27-14-15-40(33(46)39-27)31-35(36,37)30(44)26(21-41)50-31/h10-15,23,26,30-31,41,44H,5-9,16-22H2,1-4H3,(H,38,39,42,46). The zero-order valence-electron chi connectivity index (χ0n) is 29.9. The third kappa shape index (κ3) is 12.5. The highest BCUT2D eigenvalue weighted by molar-refractivity contribution is 8.76. The van der Waals surface area contributed by atoms with Crippen LogP contribution in [0.25, 0.3) is 0 Å². The van der Waals surface area contributed by atoms with Crippen LogP contribution in [-0.4, -0.2) is 94.2 Å². The van der Waals surface area contributed by atoms with Gasteiger partial charge < -0.3 is 34.5 Å². The molecule has 52 heavy (non-hydrogen) atoms. The van der Waals surface area contributed by atoms with Gasteiger partial charge in [0.05, 0.1) is 18.6 Å². The Morgan fingerprint density at radius 2 is 1.77 bits per heavy atom. The van der Waals surface area contributed by atoms with Crippen LogP contribution in [0.3, 0.4) is 0 Å². The number of hydrogen-bond donors (Lipinski definition) is 3. The van der Waals surface area contributed by atoms with Crippen molar-refractivity contribution in [3.05, 3.63) is 58.1 Å². The molecule has 0 aliphatic carbocycles. The maximum Gasteiger partial charge on any atom is 0.351 e. The van der Waals surface area contributed by atoms with Crippen LogP contribution < -0.4 is 11.0 Å². The van der Waals surface area contributed by atoms with Crippen LogP contribution in [0.15, 0.2) is 41.3 Å². The van der Waals surface area contributed by atoms with E-state index in [9.17, 15) is 33.1 Å². The van der Waals surface area contributed by atoms with Crippen molar-refractivity contribution in [3.8, 4) is 0 Å². The lowest BCUT2D eigenvalue weighted by Gasteiger charge is -2.29. The van der Waals surface area contributed by atoms with Crippen LogP contribution in [-0.2, 0) is 39.9 Å². The molecular formula is C35H49F2N3O10S2. The number of rotatable bonds is 22. The lowest BCUT2D eigenvalue weighted by Crippen LogP contribution is -2.41. The quantitative estimate of drug-likeness (QED) is 0.0842. The summed E-state index contributed by atoms with van der Waals surface area (Å²) in [5, 5.41) is 21.3. The van der Waals surface area contributed by atoms with Gasteiger partial charge in [-0.15, -0.1) is 0 Å². The number of ether oxygens (including phenoxy) is 4. The molecule has 5 atom stereocenters. The van der Waals surface area contributed by atoms with E-state index in [0.717, 1.165) is 23.1 Å². The number of nitrogens with zero attached hydrogens (tertiary/aromatic N) is 2. The van der Waals surface area contributed by atoms with Gasteiger partial charge in [0, 0.05) is 37.7 Å². The van der Waals surface area contributed by atoms with Crippen LogP contribution in [0, 0.1) is 5.41 Å². The third-order valence-corrected chi connectivity index (χ3v) is 11.3. The van der Waals surface area contributed by atoms with E-state index < -0.39 is 48.0 Å². The number of esters is 2. The molecule has 1 amide bonds. The number of carbonyl (C=O) groups is 3. The molecule has 1 fully saturated rings. The predicted molar refractivity (Wildman–Crippen MR) is 193 cm³/mol. The molecule has 3 rings (SSSR count). The zero-order valence-corrected chi connectivity index (χ0v) is 31.5. The van der Waals surface area contributed by atoms with E-state index >= 15 is 0 Å². The number of alkyl halides is 2. The molecule has 1 aromatic carbocycles.